The van der Waals surface area contributed by atoms with Gasteiger partial charge in [-0.1, -0.05) is 290 Å². The molecule has 59 heavy (non-hydrogen) atoms. The number of hydrogen-bond acceptors (Lipinski definition) is 5. The van der Waals surface area contributed by atoms with Crippen molar-refractivity contribution >= 4 is 11.9 Å². The van der Waals surface area contributed by atoms with Crippen molar-refractivity contribution in [1.29, 1.82) is 0 Å². The summed E-state index contributed by atoms with van der Waals surface area (Å²) in [6.45, 7) is 4.20. The first-order valence-corrected chi connectivity index (χ1v) is 27.1. The molecule has 5 nitrogen and oxygen atoms in total. The highest BCUT2D eigenvalue weighted by atomic mass is 16.6. The first kappa shape index (κ1) is 57.9. The van der Waals surface area contributed by atoms with Crippen LogP contribution in [0.15, 0.2) is 0 Å². The number of esters is 2. The second kappa shape index (κ2) is 51.3. The van der Waals surface area contributed by atoms with Gasteiger partial charge in [0.05, 0.1) is 6.61 Å². The summed E-state index contributed by atoms with van der Waals surface area (Å²) < 4.78 is 10.7. The number of carbonyl (C=O) groups excluding carboxylic acids is 2. The highest BCUT2D eigenvalue weighted by Crippen LogP contribution is 2.18. The van der Waals surface area contributed by atoms with Crippen LogP contribution in [0.4, 0.5) is 0 Å². The van der Waals surface area contributed by atoms with Crippen LogP contribution in [-0.2, 0) is 19.1 Å². The Bertz CT molecular complexity index is 815. The number of hydrogen-bond donors (Lipinski definition) is 1. The van der Waals surface area contributed by atoms with Crippen LogP contribution in [0.3, 0.4) is 0 Å². The van der Waals surface area contributed by atoms with Crippen LogP contribution in [0, 0.1) is 0 Å². The van der Waals surface area contributed by atoms with Crippen molar-refractivity contribution in [2.24, 2.45) is 0 Å². The standard InChI is InChI=1S/C54H106O5/c1-3-5-7-9-11-13-15-17-19-21-22-23-24-25-26-27-28-29-30-31-33-35-37-39-41-43-45-47-49-54(57)59-52(50-55)51-58-53(56)48-46-44-42-40-38-36-34-32-20-18-16-14-12-10-8-6-4-2/h52,55H,3-51H2,1-2H3. The molecule has 0 radical (unpaired) electrons. The van der Waals surface area contributed by atoms with Crippen LogP contribution in [0.1, 0.15) is 316 Å². The molecule has 5 heteroatoms. The zero-order valence-corrected chi connectivity index (χ0v) is 40.3. The van der Waals surface area contributed by atoms with Gasteiger partial charge in [-0.3, -0.25) is 9.59 Å². The first-order chi connectivity index (χ1) is 29.1. The smallest absolute Gasteiger partial charge is 0.306 e. The van der Waals surface area contributed by atoms with Crippen LogP contribution in [-0.4, -0.2) is 36.4 Å². The number of carbonyl (C=O) groups is 2. The average molecular weight is 835 g/mol. The average Bonchev–Trinajstić information content (AvgIpc) is 3.24. The SMILES string of the molecule is CCCCCCCCCCCCCCCCCCCCCCCCCCCCCCC(=O)OC(CO)COC(=O)CCCCCCCCCCCCCCCCCCC. The molecule has 1 N–H and O–H groups in total. The quantitative estimate of drug-likeness (QED) is 0.0488. The van der Waals surface area contributed by atoms with E-state index in [2.05, 4.69) is 13.8 Å². The van der Waals surface area contributed by atoms with E-state index in [1.165, 1.54) is 257 Å². The molecule has 0 aromatic heterocycles. The summed E-state index contributed by atoms with van der Waals surface area (Å²) in [6.07, 6.45) is 60.8. The molecule has 0 rings (SSSR count). The van der Waals surface area contributed by atoms with Crippen molar-refractivity contribution in [1.82, 2.24) is 0 Å². The highest BCUT2D eigenvalue weighted by Gasteiger charge is 2.16. The monoisotopic (exact) mass is 835 g/mol. The zero-order chi connectivity index (χ0) is 42.8. The molecule has 0 saturated carbocycles. The molecule has 1 unspecified atom stereocenters. The summed E-state index contributed by atoms with van der Waals surface area (Å²) in [6, 6.07) is 0. The lowest BCUT2D eigenvalue weighted by atomic mass is 10.0. The van der Waals surface area contributed by atoms with E-state index in [-0.39, 0.29) is 25.2 Å². The highest BCUT2D eigenvalue weighted by molar-refractivity contribution is 5.70. The minimum atomic E-state index is -0.763. The minimum absolute atomic E-state index is 0.0560. The van der Waals surface area contributed by atoms with Gasteiger partial charge in [0.1, 0.15) is 6.61 Å². The summed E-state index contributed by atoms with van der Waals surface area (Å²) in [5.74, 6) is -0.565. The number of aliphatic hydroxyl groups excluding tert-OH is 1. The Labute approximate surface area is 369 Å². The van der Waals surface area contributed by atoms with E-state index in [0.29, 0.717) is 12.8 Å². The van der Waals surface area contributed by atoms with Crippen molar-refractivity contribution < 1.29 is 24.2 Å². The zero-order valence-electron chi connectivity index (χ0n) is 40.3. The van der Waals surface area contributed by atoms with Crippen LogP contribution in [0.5, 0.6) is 0 Å². The van der Waals surface area contributed by atoms with Crippen molar-refractivity contribution in [2.75, 3.05) is 13.2 Å². The van der Waals surface area contributed by atoms with Gasteiger partial charge < -0.3 is 14.6 Å². The molecule has 0 amide bonds. The van der Waals surface area contributed by atoms with E-state index >= 15 is 0 Å². The van der Waals surface area contributed by atoms with Crippen LogP contribution in [0.25, 0.3) is 0 Å². The predicted octanol–water partition coefficient (Wildman–Crippen LogP) is 17.8. The van der Waals surface area contributed by atoms with Crippen LogP contribution >= 0.6 is 0 Å². The third kappa shape index (κ3) is 49.4. The molecule has 352 valence electrons. The number of rotatable bonds is 51. The van der Waals surface area contributed by atoms with E-state index in [4.69, 9.17) is 9.47 Å². The third-order valence-corrected chi connectivity index (χ3v) is 12.7. The summed E-state index contributed by atoms with van der Waals surface area (Å²) >= 11 is 0. The van der Waals surface area contributed by atoms with Gasteiger partial charge in [0.25, 0.3) is 0 Å². The molecule has 0 heterocycles. The Morgan fingerprint density at radius 1 is 0.322 bits per heavy atom. The number of unbranched alkanes of at least 4 members (excludes halogenated alkanes) is 43. The van der Waals surface area contributed by atoms with E-state index in [1.807, 2.05) is 0 Å². The molecule has 0 aromatic rings. The lowest BCUT2D eigenvalue weighted by molar-refractivity contribution is -0.161. The topological polar surface area (TPSA) is 72.8 Å². The Balaban J connectivity index is 3.39. The molecule has 0 aliphatic rings. The Morgan fingerprint density at radius 2 is 0.525 bits per heavy atom. The molecule has 1 atom stereocenters. The summed E-state index contributed by atoms with van der Waals surface area (Å²) in [5, 5.41) is 9.63. The van der Waals surface area contributed by atoms with Gasteiger partial charge in [-0.2, -0.15) is 0 Å². The second-order valence-corrected chi connectivity index (χ2v) is 18.7. The molecular weight excluding hydrogens is 729 g/mol. The van der Waals surface area contributed by atoms with Gasteiger partial charge in [0.15, 0.2) is 6.10 Å². The molecule has 0 spiro atoms. The second-order valence-electron chi connectivity index (χ2n) is 18.7. The van der Waals surface area contributed by atoms with Gasteiger partial charge in [-0.05, 0) is 12.8 Å². The summed E-state index contributed by atoms with van der Waals surface area (Å²) in [7, 11) is 0. The summed E-state index contributed by atoms with van der Waals surface area (Å²) in [4.78, 5) is 24.4. The maximum atomic E-state index is 12.3. The van der Waals surface area contributed by atoms with Crippen molar-refractivity contribution in [3.63, 3.8) is 0 Å². The molecule has 0 aromatic carbocycles. The molecule has 0 fully saturated rings. The normalized spacial score (nSPS) is 12.0. The van der Waals surface area contributed by atoms with Gasteiger partial charge in [0, 0.05) is 12.8 Å². The fourth-order valence-corrected chi connectivity index (χ4v) is 8.56. The fourth-order valence-electron chi connectivity index (χ4n) is 8.56. The molecule has 0 aliphatic carbocycles. The maximum Gasteiger partial charge on any atom is 0.306 e. The van der Waals surface area contributed by atoms with E-state index in [0.717, 1.165) is 32.1 Å². The van der Waals surface area contributed by atoms with Crippen molar-refractivity contribution in [3.05, 3.63) is 0 Å². The molecular formula is C54H106O5. The van der Waals surface area contributed by atoms with Gasteiger partial charge >= 0.3 is 11.9 Å². The largest absolute Gasteiger partial charge is 0.462 e. The van der Waals surface area contributed by atoms with E-state index in [1.54, 1.807) is 0 Å². The van der Waals surface area contributed by atoms with Gasteiger partial charge in [-0.25, -0.2) is 0 Å². The number of ether oxygens (including phenoxy) is 2. The maximum absolute atomic E-state index is 12.3. The van der Waals surface area contributed by atoms with Crippen molar-refractivity contribution in [3.8, 4) is 0 Å². The Morgan fingerprint density at radius 3 is 0.746 bits per heavy atom. The molecule has 0 saturated heterocycles. The predicted molar refractivity (Wildman–Crippen MR) is 256 cm³/mol. The first-order valence-electron chi connectivity index (χ1n) is 27.1. The van der Waals surface area contributed by atoms with Gasteiger partial charge in [-0.15, -0.1) is 0 Å². The van der Waals surface area contributed by atoms with E-state index in [9.17, 15) is 14.7 Å². The van der Waals surface area contributed by atoms with Crippen LogP contribution in [0.2, 0.25) is 0 Å². The molecule has 0 bridgehead atoms. The molecule has 0 aliphatic heterocycles. The summed E-state index contributed by atoms with van der Waals surface area (Å²) in [5.41, 5.74) is 0. The third-order valence-electron chi connectivity index (χ3n) is 12.7. The lowest BCUT2D eigenvalue weighted by Gasteiger charge is -2.15. The number of aliphatic hydroxyl groups is 1. The lowest BCUT2D eigenvalue weighted by Crippen LogP contribution is -2.28. The van der Waals surface area contributed by atoms with Crippen LogP contribution < -0.4 is 0 Å². The fraction of sp³-hybridized carbons (Fsp3) is 0.963. The Hall–Kier alpha value is -1.10. The minimum Gasteiger partial charge on any atom is -0.462 e. The van der Waals surface area contributed by atoms with E-state index < -0.39 is 6.10 Å². The Kier molecular flexibility index (Phi) is 50.3. The van der Waals surface area contributed by atoms with Crippen molar-refractivity contribution in [2.45, 2.75) is 322 Å². The van der Waals surface area contributed by atoms with Gasteiger partial charge in [0.2, 0.25) is 0 Å².